The molecule has 0 aliphatic carbocycles. The Morgan fingerprint density at radius 2 is 2.16 bits per heavy atom. The lowest BCUT2D eigenvalue weighted by atomic mass is 10.2. The van der Waals surface area contributed by atoms with E-state index in [2.05, 4.69) is 17.2 Å². The Morgan fingerprint density at radius 3 is 2.79 bits per heavy atom. The molecule has 0 amide bonds. The van der Waals surface area contributed by atoms with Crippen LogP contribution in [0.25, 0.3) is 10.4 Å². The summed E-state index contributed by atoms with van der Waals surface area (Å²) in [7, 11) is 1.40. The van der Waals surface area contributed by atoms with Crippen LogP contribution in [0.4, 0.5) is 5.69 Å². The zero-order valence-corrected chi connectivity index (χ0v) is 11.8. The topological polar surface area (TPSA) is 51.2 Å². The normalized spacial score (nSPS) is 10.2. The van der Waals surface area contributed by atoms with Crippen LogP contribution in [0.1, 0.15) is 23.0 Å². The third-order valence-corrected chi connectivity index (χ3v) is 3.80. The average molecular weight is 276 g/mol. The summed E-state index contributed by atoms with van der Waals surface area (Å²) in [6.45, 7) is 2.91. The molecule has 1 N–H and O–H groups in total. The van der Waals surface area contributed by atoms with E-state index in [9.17, 15) is 4.79 Å². The van der Waals surface area contributed by atoms with E-state index >= 15 is 0 Å². The van der Waals surface area contributed by atoms with Gasteiger partial charge in [0, 0.05) is 23.8 Å². The number of pyridine rings is 1. The van der Waals surface area contributed by atoms with Crippen molar-refractivity contribution in [1.29, 1.82) is 0 Å². The number of thiophene rings is 1. The number of aromatic nitrogens is 1. The van der Waals surface area contributed by atoms with Crippen molar-refractivity contribution in [2.75, 3.05) is 19.0 Å². The molecule has 0 aliphatic heterocycles. The van der Waals surface area contributed by atoms with Gasteiger partial charge >= 0.3 is 5.97 Å². The molecule has 0 aliphatic rings. The summed E-state index contributed by atoms with van der Waals surface area (Å²) >= 11 is 1.43. The zero-order chi connectivity index (χ0) is 13.7. The van der Waals surface area contributed by atoms with Gasteiger partial charge < -0.3 is 10.1 Å². The molecule has 100 valence electrons. The lowest BCUT2D eigenvalue weighted by molar-refractivity contribution is 0.0607. The molecule has 19 heavy (non-hydrogen) atoms. The maximum Gasteiger partial charge on any atom is 0.350 e. The lowest BCUT2D eigenvalue weighted by Crippen LogP contribution is -2.05. The highest BCUT2D eigenvalue weighted by Crippen LogP contribution is 2.35. The van der Waals surface area contributed by atoms with Crippen LogP contribution >= 0.6 is 11.3 Å². The molecule has 0 spiro atoms. The summed E-state index contributed by atoms with van der Waals surface area (Å²) in [6, 6.07) is 5.84. The highest BCUT2D eigenvalue weighted by atomic mass is 32.1. The van der Waals surface area contributed by atoms with Crippen LogP contribution in [0.5, 0.6) is 0 Å². The number of nitrogens with one attached hydrogen (secondary N) is 1. The highest BCUT2D eigenvalue weighted by molar-refractivity contribution is 7.18. The van der Waals surface area contributed by atoms with Crippen LogP contribution in [0.15, 0.2) is 30.6 Å². The third-order valence-electron chi connectivity index (χ3n) is 2.63. The Bertz CT molecular complexity index is 552. The fraction of sp³-hybridized carbons (Fsp3) is 0.286. The molecule has 2 rings (SSSR count). The first-order valence-corrected chi connectivity index (χ1v) is 6.94. The van der Waals surface area contributed by atoms with Crippen LogP contribution in [0.3, 0.4) is 0 Å². The summed E-state index contributed by atoms with van der Waals surface area (Å²) in [5, 5.41) is 3.26. The number of anilines is 1. The molecule has 0 atom stereocenters. The number of hydrogen-bond acceptors (Lipinski definition) is 5. The van der Waals surface area contributed by atoms with E-state index in [-0.39, 0.29) is 5.97 Å². The third kappa shape index (κ3) is 3.12. The Kier molecular flexibility index (Phi) is 4.52. The van der Waals surface area contributed by atoms with Gasteiger partial charge in [-0.25, -0.2) is 4.79 Å². The molecule has 0 bridgehead atoms. The molecule has 5 heteroatoms. The van der Waals surface area contributed by atoms with E-state index in [0.717, 1.165) is 29.1 Å². The van der Waals surface area contributed by atoms with Gasteiger partial charge in [0.15, 0.2) is 0 Å². The second kappa shape index (κ2) is 6.33. The summed E-state index contributed by atoms with van der Waals surface area (Å²) in [5.41, 5.74) is 1.89. The van der Waals surface area contributed by atoms with Gasteiger partial charge in [-0.2, -0.15) is 0 Å². The Balaban J connectivity index is 2.36. The average Bonchev–Trinajstić information content (AvgIpc) is 2.89. The van der Waals surface area contributed by atoms with Gasteiger partial charge in [-0.3, -0.25) is 4.98 Å². The van der Waals surface area contributed by atoms with Crippen LogP contribution in [-0.4, -0.2) is 24.6 Å². The van der Waals surface area contributed by atoms with Crippen LogP contribution in [0.2, 0.25) is 0 Å². The van der Waals surface area contributed by atoms with Crippen molar-refractivity contribution in [3.8, 4) is 10.4 Å². The van der Waals surface area contributed by atoms with Gasteiger partial charge in [0.05, 0.1) is 12.8 Å². The number of methoxy groups -OCH3 is 1. The fourth-order valence-electron chi connectivity index (χ4n) is 1.68. The second-order valence-electron chi connectivity index (χ2n) is 4.01. The van der Waals surface area contributed by atoms with Crippen molar-refractivity contribution in [3.63, 3.8) is 0 Å². The van der Waals surface area contributed by atoms with Crippen LogP contribution in [0, 0.1) is 0 Å². The first kappa shape index (κ1) is 13.5. The molecule has 0 saturated carbocycles. The summed E-state index contributed by atoms with van der Waals surface area (Å²) in [4.78, 5) is 17.4. The predicted molar refractivity (Wildman–Crippen MR) is 77.7 cm³/mol. The van der Waals surface area contributed by atoms with E-state index in [1.54, 1.807) is 12.4 Å². The summed E-state index contributed by atoms with van der Waals surface area (Å²) in [5.74, 6) is -0.302. The van der Waals surface area contributed by atoms with Gasteiger partial charge in [-0.1, -0.05) is 6.92 Å². The minimum atomic E-state index is -0.302. The van der Waals surface area contributed by atoms with Gasteiger partial charge in [0.2, 0.25) is 0 Å². The van der Waals surface area contributed by atoms with Crippen LogP contribution in [-0.2, 0) is 4.74 Å². The number of carbonyl (C=O) groups excluding carboxylic acids is 1. The Morgan fingerprint density at radius 1 is 1.42 bits per heavy atom. The number of esters is 1. The minimum Gasteiger partial charge on any atom is -0.465 e. The van der Waals surface area contributed by atoms with E-state index in [4.69, 9.17) is 4.74 Å². The predicted octanol–water partition coefficient (Wildman–Crippen LogP) is 3.42. The van der Waals surface area contributed by atoms with Gasteiger partial charge in [0.25, 0.3) is 0 Å². The first-order valence-electron chi connectivity index (χ1n) is 6.12. The van der Waals surface area contributed by atoms with Crippen molar-refractivity contribution >= 4 is 23.0 Å². The molecular weight excluding hydrogens is 260 g/mol. The van der Waals surface area contributed by atoms with Crippen molar-refractivity contribution in [1.82, 2.24) is 4.98 Å². The smallest absolute Gasteiger partial charge is 0.350 e. The van der Waals surface area contributed by atoms with Crippen molar-refractivity contribution < 1.29 is 9.53 Å². The number of rotatable bonds is 5. The number of ether oxygens (including phenoxy) is 1. The summed E-state index contributed by atoms with van der Waals surface area (Å²) in [6.07, 6.45) is 4.49. The standard InChI is InChI=1S/C14H16N2O2S/c1-3-6-16-11-9-12(10-4-7-15-8-5-10)19-13(11)14(17)18-2/h4-5,7-9,16H,3,6H2,1-2H3. The van der Waals surface area contributed by atoms with Gasteiger partial charge in [-0.15, -0.1) is 11.3 Å². The lowest BCUT2D eigenvalue weighted by Gasteiger charge is -2.03. The SMILES string of the molecule is CCCNc1cc(-c2ccncc2)sc1C(=O)OC. The summed E-state index contributed by atoms with van der Waals surface area (Å²) < 4.78 is 4.83. The molecule has 2 heterocycles. The molecule has 0 fully saturated rings. The molecule has 0 saturated heterocycles. The van der Waals surface area contributed by atoms with Gasteiger partial charge in [-0.05, 0) is 30.2 Å². The number of carbonyl (C=O) groups is 1. The Hall–Kier alpha value is -1.88. The molecular formula is C14H16N2O2S. The maximum atomic E-state index is 11.8. The fourth-order valence-corrected chi connectivity index (χ4v) is 2.74. The zero-order valence-electron chi connectivity index (χ0n) is 11.0. The largest absolute Gasteiger partial charge is 0.465 e. The molecule has 0 radical (unpaired) electrons. The van der Waals surface area contributed by atoms with E-state index in [1.165, 1.54) is 18.4 Å². The van der Waals surface area contributed by atoms with Crippen LogP contribution < -0.4 is 5.32 Å². The second-order valence-corrected chi connectivity index (χ2v) is 5.06. The molecule has 0 aromatic carbocycles. The van der Waals surface area contributed by atoms with E-state index in [1.807, 2.05) is 18.2 Å². The molecule has 0 unspecified atom stereocenters. The monoisotopic (exact) mass is 276 g/mol. The Labute approximate surface area is 116 Å². The van der Waals surface area contributed by atoms with Crippen molar-refractivity contribution in [3.05, 3.63) is 35.5 Å². The van der Waals surface area contributed by atoms with Crippen molar-refractivity contribution in [2.45, 2.75) is 13.3 Å². The van der Waals surface area contributed by atoms with E-state index in [0.29, 0.717) is 4.88 Å². The first-order chi connectivity index (χ1) is 9.26. The quantitative estimate of drug-likeness (QED) is 0.850. The maximum absolute atomic E-state index is 11.8. The van der Waals surface area contributed by atoms with Crippen molar-refractivity contribution in [2.24, 2.45) is 0 Å². The van der Waals surface area contributed by atoms with E-state index < -0.39 is 0 Å². The number of nitrogens with zero attached hydrogens (tertiary/aromatic N) is 1. The highest BCUT2D eigenvalue weighted by Gasteiger charge is 2.17. The molecule has 2 aromatic heterocycles. The molecule has 4 nitrogen and oxygen atoms in total. The minimum absolute atomic E-state index is 0.302. The number of hydrogen-bond donors (Lipinski definition) is 1. The van der Waals surface area contributed by atoms with Gasteiger partial charge in [0.1, 0.15) is 4.88 Å². The molecule has 2 aromatic rings.